The Morgan fingerprint density at radius 2 is 1.81 bits per heavy atom. The predicted molar refractivity (Wildman–Crippen MR) is 171 cm³/mol. The van der Waals surface area contributed by atoms with E-state index in [4.69, 9.17) is 9.73 Å². The van der Waals surface area contributed by atoms with Gasteiger partial charge in [-0.3, -0.25) is 9.79 Å². The third kappa shape index (κ3) is 7.01. The predicted octanol–water partition coefficient (Wildman–Crippen LogP) is 8.16. The number of aliphatic imine (C=N–C) groups is 1. The van der Waals surface area contributed by atoms with E-state index in [1.807, 2.05) is 47.4 Å². The highest BCUT2D eigenvalue weighted by Gasteiger charge is 2.51. The summed E-state index contributed by atoms with van der Waals surface area (Å²) < 4.78 is 6.13. The lowest BCUT2D eigenvalue weighted by Crippen LogP contribution is -2.48. The van der Waals surface area contributed by atoms with Gasteiger partial charge < -0.3 is 14.7 Å². The molecule has 1 aliphatic heterocycles. The van der Waals surface area contributed by atoms with Crippen molar-refractivity contribution >= 4 is 17.6 Å². The average Bonchev–Trinajstić information content (AvgIpc) is 3.79. The maximum absolute atomic E-state index is 14.4. The maximum atomic E-state index is 14.4. The molecule has 5 rings (SSSR count). The molecule has 1 fully saturated rings. The van der Waals surface area contributed by atoms with Crippen LogP contribution in [0, 0.1) is 17.3 Å². The monoisotopic (exact) mass is 582 g/mol. The van der Waals surface area contributed by atoms with Crippen LogP contribution < -0.4 is 0 Å². The van der Waals surface area contributed by atoms with Crippen molar-refractivity contribution in [1.82, 2.24) is 4.90 Å². The normalized spacial score (nSPS) is 23.6. The van der Waals surface area contributed by atoms with Crippen LogP contribution in [-0.2, 0) is 16.1 Å². The first-order valence-corrected chi connectivity index (χ1v) is 15.8. The largest absolute Gasteiger partial charge is 0.478 e. The summed E-state index contributed by atoms with van der Waals surface area (Å²) in [6.45, 7) is 11.8. The quantitative estimate of drug-likeness (QED) is 0.274. The highest BCUT2D eigenvalue weighted by Crippen LogP contribution is 2.50. The fourth-order valence-electron chi connectivity index (χ4n) is 6.71. The summed E-state index contributed by atoms with van der Waals surface area (Å²) in [7, 11) is 0. The van der Waals surface area contributed by atoms with Crippen LogP contribution in [0.15, 0.2) is 83.4 Å². The molecular weight excluding hydrogens is 536 g/mol. The zero-order valence-electron chi connectivity index (χ0n) is 26.3. The van der Waals surface area contributed by atoms with Crippen LogP contribution >= 0.6 is 0 Å². The molecule has 4 atom stereocenters. The number of hydrogen-bond donors (Lipinski definition) is 1. The van der Waals surface area contributed by atoms with Crippen LogP contribution in [0.5, 0.6) is 0 Å². The first kappa shape index (κ1) is 30.9. The fourth-order valence-corrected chi connectivity index (χ4v) is 6.71. The molecule has 3 unspecified atom stereocenters. The van der Waals surface area contributed by atoms with Crippen molar-refractivity contribution in [3.05, 3.63) is 95.1 Å². The number of ether oxygens (including phenoxy) is 1. The SMILES string of the molecule is CCC(CCC1(C)N=C(C2=CCC(OCc3ccccc3)C=C2)C(=O)N1[C@@H](c1ccc(C(=O)O)cc1)C1CC1)C(C)(C)C. The molecule has 228 valence electrons. The lowest BCUT2D eigenvalue weighted by Gasteiger charge is -2.41. The lowest BCUT2D eigenvalue weighted by atomic mass is 9.75. The van der Waals surface area contributed by atoms with Gasteiger partial charge in [-0.25, -0.2) is 4.79 Å². The number of carboxylic acid groups (broad SMARTS) is 1. The van der Waals surface area contributed by atoms with Gasteiger partial charge in [0.15, 0.2) is 0 Å². The second-order valence-corrected chi connectivity index (χ2v) is 13.7. The summed E-state index contributed by atoms with van der Waals surface area (Å²) in [5.41, 5.74) is 3.22. The molecule has 43 heavy (non-hydrogen) atoms. The van der Waals surface area contributed by atoms with Gasteiger partial charge in [0.2, 0.25) is 0 Å². The van der Waals surface area contributed by atoms with Crippen LogP contribution in [0.25, 0.3) is 0 Å². The molecule has 0 bridgehead atoms. The number of benzene rings is 2. The Bertz CT molecular complexity index is 1400. The van der Waals surface area contributed by atoms with E-state index in [1.165, 1.54) is 0 Å². The zero-order chi connectivity index (χ0) is 30.8. The third-order valence-electron chi connectivity index (χ3n) is 9.46. The van der Waals surface area contributed by atoms with Gasteiger partial charge in [0.1, 0.15) is 11.4 Å². The summed E-state index contributed by atoms with van der Waals surface area (Å²) in [5, 5.41) is 9.47. The molecule has 0 radical (unpaired) electrons. The van der Waals surface area contributed by atoms with Gasteiger partial charge in [-0.05, 0) is 79.5 Å². The standard InChI is InChI=1S/C37H46N2O4/c1-6-30(36(2,3)4)22-23-37(5)38-32(26-18-20-31(21-19-26)43-24-25-10-8-7-9-11-25)34(40)39(37)33(27-12-13-27)28-14-16-29(17-15-28)35(41)42/h7-11,14-20,27,30-31,33H,6,12-13,21-24H2,1-5H3,(H,41,42)/t30?,31?,33-,37?/m1/s1. The number of allylic oxidation sites excluding steroid dienone is 1. The summed E-state index contributed by atoms with van der Waals surface area (Å²) >= 11 is 0. The molecule has 3 aliphatic rings. The Balaban J connectivity index is 1.42. The number of aromatic carboxylic acids is 1. The van der Waals surface area contributed by atoms with E-state index >= 15 is 0 Å². The zero-order valence-corrected chi connectivity index (χ0v) is 26.3. The minimum atomic E-state index is -0.947. The Hall–Kier alpha value is -3.51. The van der Waals surface area contributed by atoms with Crippen LogP contribution in [0.3, 0.4) is 0 Å². The molecule has 1 saturated carbocycles. The molecule has 0 saturated heterocycles. The molecule has 0 spiro atoms. The van der Waals surface area contributed by atoms with E-state index in [1.54, 1.807) is 12.1 Å². The van der Waals surface area contributed by atoms with Crippen LogP contribution in [0.4, 0.5) is 0 Å². The summed E-state index contributed by atoms with van der Waals surface area (Å²) in [6, 6.07) is 17.1. The van der Waals surface area contributed by atoms with Crippen molar-refractivity contribution in [3.63, 3.8) is 0 Å². The second-order valence-electron chi connectivity index (χ2n) is 13.7. The summed E-state index contributed by atoms with van der Waals surface area (Å²) in [4.78, 5) is 33.3. The number of carbonyl (C=O) groups excluding carboxylic acids is 1. The van der Waals surface area contributed by atoms with E-state index in [0.29, 0.717) is 30.6 Å². The van der Waals surface area contributed by atoms with Crippen LogP contribution in [0.1, 0.15) is 101 Å². The third-order valence-corrected chi connectivity index (χ3v) is 9.46. The van der Waals surface area contributed by atoms with Crippen molar-refractivity contribution in [3.8, 4) is 0 Å². The average molecular weight is 583 g/mol. The van der Waals surface area contributed by atoms with Crippen molar-refractivity contribution in [1.29, 1.82) is 0 Å². The van der Waals surface area contributed by atoms with Crippen molar-refractivity contribution in [2.75, 3.05) is 0 Å². The number of nitrogens with zero attached hydrogens (tertiary/aromatic N) is 2. The molecule has 2 aromatic carbocycles. The fraction of sp³-hybridized carbons (Fsp3) is 0.486. The van der Waals surface area contributed by atoms with E-state index in [2.05, 4.69) is 52.8 Å². The number of carbonyl (C=O) groups is 2. The molecule has 1 N–H and O–H groups in total. The van der Waals surface area contributed by atoms with Gasteiger partial charge in [-0.2, -0.15) is 0 Å². The van der Waals surface area contributed by atoms with Crippen molar-refractivity contribution < 1.29 is 19.4 Å². The number of hydrogen-bond acceptors (Lipinski definition) is 4. The van der Waals surface area contributed by atoms with E-state index in [-0.39, 0.29) is 29.0 Å². The van der Waals surface area contributed by atoms with Crippen LogP contribution in [-0.4, -0.2) is 39.4 Å². The number of rotatable bonds is 12. The molecule has 2 aromatic rings. The van der Waals surface area contributed by atoms with E-state index in [9.17, 15) is 14.7 Å². The Labute approximate surface area is 256 Å². The van der Waals surface area contributed by atoms with Crippen molar-refractivity contribution in [2.24, 2.45) is 22.2 Å². The molecule has 0 aromatic heterocycles. The minimum absolute atomic E-state index is 0.0370. The van der Waals surface area contributed by atoms with E-state index in [0.717, 1.165) is 48.8 Å². The van der Waals surface area contributed by atoms with Gasteiger partial charge >= 0.3 is 5.97 Å². The minimum Gasteiger partial charge on any atom is -0.478 e. The van der Waals surface area contributed by atoms with Gasteiger partial charge in [0.05, 0.1) is 24.3 Å². The molecule has 2 aliphatic carbocycles. The van der Waals surface area contributed by atoms with Gasteiger partial charge in [-0.15, -0.1) is 0 Å². The van der Waals surface area contributed by atoms with Crippen molar-refractivity contribution in [2.45, 2.75) is 97.6 Å². The topological polar surface area (TPSA) is 79.2 Å². The maximum Gasteiger partial charge on any atom is 0.335 e. The Morgan fingerprint density at radius 1 is 1.12 bits per heavy atom. The number of amides is 1. The first-order valence-electron chi connectivity index (χ1n) is 15.8. The molecular formula is C37H46N2O4. The number of carboxylic acids is 1. The summed E-state index contributed by atoms with van der Waals surface area (Å²) in [5.74, 6) is -0.141. The first-order chi connectivity index (χ1) is 20.5. The molecule has 6 heteroatoms. The van der Waals surface area contributed by atoms with E-state index < -0.39 is 11.6 Å². The molecule has 1 heterocycles. The van der Waals surface area contributed by atoms with Gasteiger partial charge in [0.25, 0.3) is 5.91 Å². The van der Waals surface area contributed by atoms with Gasteiger partial charge in [0, 0.05) is 5.57 Å². The second kappa shape index (κ2) is 12.6. The molecule has 6 nitrogen and oxygen atoms in total. The van der Waals surface area contributed by atoms with Crippen LogP contribution in [0.2, 0.25) is 0 Å². The Morgan fingerprint density at radius 3 is 2.37 bits per heavy atom. The Kier molecular flexibility index (Phi) is 9.07. The molecule has 1 amide bonds. The highest BCUT2D eigenvalue weighted by atomic mass is 16.5. The summed E-state index contributed by atoms with van der Waals surface area (Å²) in [6.07, 6.45) is 11.7. The van der Waals surface area contributed by atoms with Gasteiger partial charge in [-0.1, -0.05) is 94.8 Å². The smallest absolute Gasteiger partial charge is 0.335 e. The lowest BCUT2D eigenvalue weighted by molar-refractivity contribution is -0.131. The highest BCUT2D eigenvalue weighted by molar-refractivity contribution is 6.47.